The molecule has 10 heteroatoms. The molecule has 0 saturated heterocycles. The fraction of sp³-hybridized carbons (Fsp3) is 0.209. The Labute approximate surface area is 307 Å². The van der Waals surface area contributed by atoms with Crippen LogP contribution in [0.3, 0.4) is 0 Å². The number of benzene rings is 5. The highest BCUT2D eigenvalue weighted by Crippen LogP contribution is 2.29. The first kappa shape index (κ1) is 37.8. The number of ether oxygens (including phenoxy) is 6. The number of carbonyl (C=O) groups excluding carboxylic acids is 4. The Hall–Kier alpha value is -6.42. The van der Waals surface area contributed by atoms with Crippen molar-refractivity contribution in [2.24, 2.45) is 0 Å². The second kappa shape index (κ2) is 17.7. The molecule has 0 amide bonds. The van der Waals surface area contributed by atoms with Gasteiger partial charge in [-0.05, 0) is 114 Å². The molecule has 0 radical (unpaired) electrons. The van der Waals surface area contributed by atoms with Gasteiger partial charge in [-0.2, -0.15) is 0 Å². The van der Waals surface area contributed by atoms with Crippen molar-refractivity contribution in [3.8, 4) is 23.0 Å². The molecule has 0 spiro atoms. The van der Waals surface area contributed by atoms with E-state index in [-0.39, 0.29) is 5.75 Å². The maximum absolute atomic E-state index is 13.1. The van der Waals surface area contributed by atoms with Gasteiger partial charge in [-0.1, -0.05) is 51.3 Å². The molecule has 0 aliphatic rings. The molecule has 0 bridgehead atoms. The molecule has 53 heavy (non-hydrogen) atoms. The molecule has 0 heterocycles. The molecule has 0 aromatic heterocycles. The van der Waals surface area contributed by atoms with E-state index in [1.807, 2.05) is 26.0 Å². The number of fused-ring (bicyclic) bond motifs is 2. The molecule has 2 unspecified atom stereocenters. The average molecular weight is 717 g/mol. The van der Waals surface area contributed by atoms with Crippen LogP contribution in [-0.4, -0.2) is 36.5 Å². The van der Waals surface area contributed by atoms with Gasteiger partial charge in [0, 0.05) is 25.0 Å². The van der Waals surface area contributed by atoms with Crippen LogP contribution >= 0.6 is 0 Å². The van der Waals surface area contributed by atoms with Gasteiger partial charge in [0.15, 0.2) is 0 Å². The molecule has 0 fully saturated rings. The Bertz CT molecular complexity index is 2170. The van der Waals surface area contributed by atoms with E-state index in [1.54, 1.807) is 85.8 Å². The maximum Gasteiger partial charge on any atom is 0.343 e. The van der Waals surface area contributed by atoms with Gasteiger partial charge in [0.1, 0.15) is 23.0 Å². The topological polar surface area (TPSA) is 124 Å². The number of carbonyl (C=O) groups is 4. The molecule has 0 saturated carbocycles. The molecule has 0 aliphatic heterocycles. The SMILES string of the molecule is C=CC(=O)OC(CCC)Oc1ccc2cc(C(=O)Oc3ccc(OC(=O)c4ccc5cc(OC(CCC)OC(=O)C=C)ccc5c4)c(C)c3)ccc2c1. The van der Waals surface area contributed by atoms with Crippen molar-refractivity contribution in [1.29, 1.82) is 0 Å². The molecule has 272 valence electrons. The van der Waals surface area contributed by atoms with Crippen LogP contribution in [0.5, 0.6) is 23.0 Å². The zero-order valence-electron chi connectivity index (χ0n) is 29.8. The van der Waals surface area contributed by atoms with Gasteiger partial charge in [-0.15, -0.1) is 0 Å². The van der Waals surface area contributed by atoms with Crippen LogP contribution < -0.4 is 18.9 Å². The molecule has 5 aromatic carbocycles. The summed E-state index contributed by atoms with van der Waals surface area (Å²) >= 11 is 0. The Morgan fingerprint density at radius 3 is 1.45 bits per heavy atom. The molecule has 10 nitrogen and oxygen atoms in total. The highest BCUT2D eigenvalue weighted by molar-refractivity contribution is 5.98. The monoisotopic (exact) mass is 716 g/mol. The fourth-order valence-electron chi connectivity index (χ4n) is 5.39. The Morgan fingerprint density at radius 1 is 0.566 bits per heavy atom. The molecule has 5 rings (SSSR count). The highest BCUT2D eigenvalue weighted by atomic mass is 16.7. The molecule has 5 aromatic rings. The second-order valence-corrected chi connectivity index (χ2v) is 12.1. The Balaban J connectivity index is 1.20. The van der Waals surface area contributed by atoms with Crippen LogP contribution in [0.25, 0.3) is 21.5 Å². The summed E-state index contributed by atoms with van der Waals surface area (Å²) in [5, 5.41) is 3.22. The predicted molar refractivity (Wildman–Crippen MR) is 200 cm³/mol. The van der Waals surface area contributed by atoms with E-state index < -0.39 is 36.5 Å². The van der Waals surface area contributed by atoms with Gasteiger partial charge in [0.2, 0.25) is 12.6 Å². The van der Waals surface area contributed by atoms with E-state index in [2.05, 4.69) is 13.2 Å². The second-order valence-electron chi connectivity index (χ2n) is 12.1. The van der Waals surface area contributed by atoms with Crippen LogP contribution in [0.1, 0.15) is 65.8 Å². The van der Waals surface area contributed by atoms with Crippen LogP contribution in [-0.2, 0) is 19.1 Å². The van der Waals surface area contributed by atoms with Crippen molar-refractivity contribution < 1.29 is 47.6 Å². The largest absolute Gasteiger partial charge is 0.455 e. The van der Waals surface area contributed by atoms with Gasteiger partial charge >= 0.3 is 23.9 Å². The van der Waals surface area contributed by atoms with Gasteiger partial charge in [-0.3, -0.25) is 0 Å². The predicted octanol–water partition coefficient (Wildman–Crippen LogP) is 9.21. The zero-order valence-corrected chi connectivity index (χ0v) is 29.8. The van der Waals surface area contributed by atoms with Crippen molar-refractivity contribution in [3.63, 3.8) is 0 Å². The van der Waals surface area contributed by atoms with E-state index in [1.165, 1.54) is 0 Å². The number of esters is 4. The van der Waals surface area contributed by atoms with Crippen molar-refractivity contribution in [1.82, 2.24) is 0 Å². The molecular weight excluding hydrogens is 676 g/mol. The van der Waals surface area contributed by atoms with E-state index in [0.717, 1.165) is 46.5 Å². The summed E-state index contributed by atoms with van der Waals surface area (Å²) in [7, 11) is 0. The van der Waals surface area contributed by atoms with E-state index in [4.69, 9.17) is 28.4 Å². The van der Waals surface area contributed by atoms with Gasteiger partial charge in [0.25, 0.3) is 0 Å². The van der Waals surface area contributed by atoms with Gasteiger partial charge < -0.3 is 28.4 Å². The summed E-state index contributed by atoms with van der Waals surface area (Å²) in [5.74, 6) is -0.582. The van der Waals surface area contributed by atoms with E-state index >= 15 is 0 Å². The third-order valence-corrected chi connectivity index (χ3v) is 8.07. The number of hydrogen-bond donors (Lipinski definition) is 0. The minimum atomic E-state index is -0.743. The first-order chi connectivity index (χ1) is 25.6. The summed E-state index contributed by atoms with van der Waals surface area (Å²) in [4.78, 5) is 49.5. The van der Waals surface area contributed by atoms with Crippen LogP contribution in [0.4, 0.5) is 0 Å². The lowest BCUT2D eigenvalue weighted by Crippen LogP contribution is -2.23. The standard InChI is InChI=1S/C43H40O10/c1-6-10-40(52-38(44)8-3)48-35-18-16-28-23-32(14-12-30(28)25-35)42(46)50-34-20-21-37(27(5)22-34)51-43(47)33-15-13-31-26-36(19-17-29(31)24-33)49-41(11-7-2)53-39(45)9-4/h8-9,12-26,40-41H,3-4,6-7,10-11H2,1-2,5H3. The smallest absolute Gasteiger partial charge is 0.343 e. The molecule has 0 aliphatic carbocycles. The normalized spacial score (nSPS) is 11.9. The lowest BCUT2D eigenvalue weighted by Gasteiger charge is -2.18. The molecule has 2 atom stereocenters. The van der Waals surface area contributed by atoms with E-state index in [9.17, 15) is 19.2 Å². The first-order valence-corrected chi connectivity index (χ1v) is 17.2. The maximum atomic E-state index is 13.1. The zero-order chi connectivity index (χ0) is 37.9. The third kappa shape index (κ3) is 10.1. The average Bonchev–Trinajstić information content (AvgIpc) is 3.15. The number of hydrogen-bond acceptors (Lipinski definition) is 10. The molecule has 0 N–H and O–H groups in total. The number of rotatable bonds is 16. The summed E-state index contributed by atoms with van der Waals surface area (Å²) < 4.78 is 33.7. The van der Waals surface area contributed by atoms with Gasteiger partial charge in [0.05, 0.1) is 11.1 Å². The third-order valence-electron chi connectivity index (χ3n) is 8.07. The summed E-state index contributed by atoms with van der Waals surface area (Å²) in [6.07, 6.45) is 3.26. The minimum absolute atomic E-state index is 0.288. The highest BCUT2D eigenvalue weighted by Gasteiger charge is 2.18. The minimum Gasteiger partial charge on any atom is -0.455 e. The summed E-state index contributed by atoms with van der Waals surface area (Å²) in [5.41, 5.74) is 1.28. The fourth-order valence-corrected chi connectivity index (χ4v) is 5.39. The molecular formula is C43H40O10. The number of aryl methyl sites for hydroxylation is 1. The first-order valence-electron chi connectivity index (χ1n) is 17.2. The lowest BCUT2D eigenvalue weighted by atomic mass is 10.1. The Morgan fingerprint density at radius 2 is 1.00 bits per heavy atom. The van der Waals surface area contributed by atoms with Gasteiger partial charge in [-0.25, -0.2) is 19.2 Å². The Kier molecular flexibility index (Phi) is 12.6. The van der Waals surface area contributed by atoms with Crippen molar-refractivity contribution in [3.05, 3.63) is 133 Å². The van der Waals surface area contributed by atoms with Crippen molar-refractivity contribution >= 4 is 45.4 Å². The van der Waals surface area contributed by atoms with Crippen LogP contribution in [0.2, 0.25) is 0 Å². The van der Waals surface area contributed by atoms with Crippen LogP contribution in [0.15, 0.2) is 116 Å². The van der Waals surface area contributed by atoms with E-state index in [0.29, 0.717) is 46.8 Å². The van der Waals surface area contributed by atoms with Crippen molar-refractivity contribution in [2.75, 3.05) is 0 Å². The van der Waals surface area contributed by atoms with Crippen LogP contribution in [0, 0.1) is 6.92 Å². The van der Waals surface area contributed by atoms with Crippen molar-refractivity contribution in [2.45, 2.75) is 59.0 Å². The quantitative estimate of drug-likeness (QED) is 0.0423. The summed E-state index contributed by atoms with van der Waals surface area (Å²) in [6, 6.07) is 25.8. The lowest BCUT2D eigenvalue weighted by molar-refractivity contribution is -0.159. The summed E-state index contributed by atoms with van der Waals surface area (Å²) in [6.45, 7) is 12.5.